The molecule has 110 valence electrons. The highest BCUT2D eigenvalue weighted by molar-refractivity contribution is 7.99. The first-order valence-corrected chi connectivity index (χ1v) is 7.26. The second-order valence-electron chi connectivity index (χ2n) is 3.88. The molecule has 0 bridgehead atoms. The highest BCUT2D eigenvalue weighted by atomic mass is 32.2. The maximum atomic E-state index is 11.2. The zero-order chi connectivity index (χ0) is 14.8. The van der Waals surface area contributed by atoms with Gasteiger partial charge in [-0.05, 0) is 12.5 Å². The molecule has 8 heteroatoms. The number of carbonyl (C=O) groups is 1. The summed E-state index contributed by atoms with van der Waals surface area (Å²) in [6.07, 6.45) is 2.63. The van der Waals surface area contributed by atoms with Crippen molar-refractivity contribution in [1.82, 2.24) is 10.3 Å². The number of hydrogen-bond acceptors (Lipinski definition) is 6. The number of alkyl carbamates (subject to hydrolysis) is 1. The molecule has 1 aromatic rings. The second kappa shape index (κ2) is 9.13. The van der Waals surface area contributed by atoms with Crippen LogP contribution in [0, 0.1) is 10.1 Å². The van der Waals surface area contributed by atoms with E-state index >= 15 is 0 Å². The average molecular weight is 299 g/mol. The lowest BCUT2D eigenvalue weighted by Crippen LogP contribution is -2.26. The Bertz CT molecular complexity index is 439. The molecule has 1 aromatic heterocycles. The standard InChI is InChI=1S/C12H17N3O4S/c1-2-3-7-19-12(16)13-6-8-20-11-5-4-10(9-14-11)15(17)18/h4-5,9H,2-3,6-8H2,1H3,(H,13,16). The summed E-state index contributed by atoms with van der Waals surface area (Å²) in [7, 11) is 0. The summed E-state index contributed by atoms with van der Waals surface area (Å²) in [4.78, 5) is 25.1. The lowest BCUT2D eigenvalue weighted by Gasteiger charge is -2.05. The van der Waals surface area contributed by atoms with E-state index in [4.69, 9.17) is 4.74 Å². The van der Waals surface area contributed by atoms with Crippen molar-refractivity contribution < 1.29 is 14.5 Å². The normalized spacial score (nSPS) is 10.1. The van der Waals surface area contributed by atoms with Crippen molar-refractivity contribution in [3.63, 3.8) is 0 Å². The summed E-state index contributed by atoms with van der Waals surface area (Å²) < 4.78 is 4.93. The van der Waals surface area contributed by atoms with Crippen LogP contribution in [0.5, 0.6) is 0 Å². The summed E-state index contributed by atoms with van der Waals surface area (Å²) in [5.41, 5.74) is -0.0352. The molecule has 0 saturated carbocycles. The number of ether oxygens (including phenoxy) is 1. The van der Waals surface area contributed by atoms with Gasteiger partial charge in [0.2, 0.25) is 0 Å². The Morgan fingerprint density at radius 1 is 1.55 bits per heavy atom. The number of pyridine rings is 1. The minimum atomic E-state index is -0.491. The van der Waals surface area contributed by atoms with Gasteiger partial charge in [-0.25, -0.2) is 9.78 Å². The lowest BCUT2D eigenvalue weighted by atomic mass is 10.4. The first-order valence-electron chi connectivity index (χ1n) is 6.27. The Kier molecular flexibility index (Phi) is 7.41. The molecule has 0 aliphatic heterocycles. The van der Waals surface area contributed by atoms with Crippen LogP contribution < -0.4 is 5.32 Å². The Morgan fingerprint density at radius 3 is 2.95 bits per heavy atom. The topological polar surface area (TPSA) is 94.4 Å². The van der Waals surface area contributed by atoms with Gasteiger partial charge in [-0.15, -0.1) is 11.8 Å². The average Bonchev–Trinajstić information content (AvgIpc) is 2.44. The fourth-order valence-corrected chi connectivity index (χ4v) is 1.94. The third-order valence-corrected chi connectivity index (χ3v) is 3.23. The van der Waals surface area contributed by atoms with Crippen LogP contribution in [0.25, 0.3) is 0 Å². The monoisotopic (exact) mass is 299 g/mol. The van der Waals surface area contributed by atoms with E-state index in [2.05, 4.69) is 10.3 Å². The van der Waals surface area contributed by atoms with Gasteiger partial charge in [0.25, 0.3) is 5.69 Å². The molecule has 1 N–H and O–H groups in total. The van der Waals surface area contributed by atoms with Gasteiger partial charge in [0.05, 0.1) is 16.6 Å². The van der Waals surface area contributed by atoms with E-state index in [-0.39, 0.29) is 5.69 Å². The fraction of sp³-hybridized carbons (Fsp3) is 0.500. The Labute approximate surface area is 121 Å². The molecule has 0 saturated heterocycles. The van der Waals surface area contributed by atoms with Crippen molar-refractivity contribution in [1.29, 1.82) is 0 Å². The summed E-state index contributed by atoms with van der Waals surface area (Å²) in [5, 5.41) is 13.8. The number of nitrogens with one attached hydrogen (secondary N) is 1. The number of thioether (sulfide) groups is 1. The summed E-state index contributed by atoms with van der Waals surface area (Å²) in [6, 6.07) is 2.99. The van der Waals surface area contributed by atoms with Gasteiger partial charge in [-0.3, -0.25) is 10.1 Å². The Hall–Kier alpha value is -1.83. The number of rotatable bonds is 8. The minimum Gasteiger partial charge on any atom is -0.450 e. The van der Waals surface area contributed by atoms with E-state index in [0.29, 0.717) is 23.9 Å². The molecule has 0 spiro atoms. The molecule has 0 aromatic carbocycles. The van der Waals surface area contributed by atoms with Crippen LogP contribution in [0.2, 0.25) is 0 Å². The number of carbonyl (C=O) groups excluding carboxylic acids is 1. The Morgan fingerprint density at radius 2 is 2.35 bits per heavy atom. The molecule has 0 aliphatic rings. The largest absolute Gasteiger partial charge is 0.450 e. The van der Waals surface area contributed by atoms with Gasteiger partial charge >= 0.3 is 6.09 Å². The molecule has 0 unspecified atom stereocenters. The molecule has 1 rings (SSSR count). The minimum absolute atomic E-state index is 0.0352. The van der Waals surface area contributed by atoms with Gasteiger partial charge < -0.3 is 10.1 Å². The highest BCUT2D eigenvalue weighted by Crippen LogP contribution is 2.17. The second-order valence-corrected chi connectivity index (χ2v) is 4.99. The smallest absolute Gasteiger partial charge is 0.407 e. The van der Waals surface area contributed by atoms with Gasteiger partial charge in [-0.1, -0.05) is 13.3 Å². The van der Waals surface area contributed by atoms with Crippen molar-refractivity contribution >= 4 is 23.5 Å². The van der Waals surface area contributed by atoms with Crippen LogP contribution >= 0.6 is 11.8 Å². The summed E-state index contributed by atoms with van der Waals surface area (Å²) in [5.74, 6) is 0.619. The first kappa shape index (κ1) is 16.2. The van der Waals surface area contributed by atoms with E-state index in [1.54, 1.807) is 6.07 Å². The van der Waals surface area contributed by atoms with Crippen molar-refractivity contribution in [3.05, 3.63) is 28.4 Å². The van der Waals surface area contributed by atoms with E-state index in [9.17, 15) is 14.9 Å². The zero-order valence-electron chi connectivity index (χ0n) is 11.2. The Balaban J connectivity index is 2.17. The number of hydrogen-bond donors (Lipinski definition) is 1. The number of nitro groups is 1. The highest BCUT2D eigenvalue weighted by Gasteiger charge is 2.06. The molecular formula is C12H17N3O4S. The van der Waals surface area contributed by atoms with Crippen LogP contribution in [0.15, 0.2) is 23.4 Å². The molecule has 0 fully saturated rings. The fourth-order valence-electron chi connectivity index (χ4n) is 1.23. The van der Waals surface area contributed by atoms with Crippen LogP contribution in [0.1, 0.15) is 19.8 Å². The molecule has 1 amide bonds. The number of nitrogens with zero attached hydrogens (tertiary/aromatic N) is 2. The van der Waals surface area contributed by atoms with Crippen LogP contribution in [0.3, 0.4) is 0 Å². The van der Waals surface area contributed by atoms with E-state index in [1.165, 1.54) is 24.0 Å². The van der Waals surface area contributed by atoms with Gasteiger partial charge in [0.15, 0.2) is 0 Å². The van der Waals surface area contributed by atoms with Crippen LogP contribution in [0.4, 0.5) is 10.5 Å². The van der Waals surface area contributed by atoms with Crippen LogP contribution in [-0.2, 0) is 4.74 Å². The molecule has 1 heterocycles. The lowest BCUT2D eigenvalue weighted by molar-refractivity contribution is -0.385. The molecule has 0 aliphatic carbocycles. The number of unbranched alkanes of at least 4 members (excludes halogenated alkanes) is 1. The van der Waals surface area contributed by atoms with Crippen molar-refractivity contribution in [2.75, 3.05) is 18.9 Å². The van der Waals surface area contributed by atoms with E-state index < -0.39 is 11.0 Å². The maximum Gasteiger partial charge on any atom is 0.407 e. The third-order valence-electron chi connectivity index (χ3n) is 2.28. The van der Waals surface area contributed by atoms with Gasteiger partial charge in [0.1, 0.15) is 6.20 Å². The van der Waals surface area contributed by atoms with Crippen molar-refractivity contribution in [2.24, 2.45) is 0 Å². The molecule has 7 nitrogen and oxygen atoms in total. The quantitative estimate of drug-likeness (QED) is 0.343. The maximum absolute atomic E-state index is 11.2. The van der Waals surface area contributed by atoms with E-state index in [1.807, 2.05) is 6.92 Å². The third kappa shape index (κ3) is 6.37. The van der Waals surface area contributed by atoms with Crippen molar-refractivity contribution in [2.45, 2.75) is 24.8 Å². The molecular weight excluding hydrogens is 282 g/mol. The van der Waals surface area contributed by atoms with E-state index in [0.717, 1.165) is 12.8 Å². The predicted molar refractivity (Wildman–Crippen MR) is 75.9 cm³/mol. The van der Waals surface area contributed by atoms with Crippen molar-refractivity contribution in [3.8, 4) is 0 Å². The van der Waals surface area contributed by atoms with Crippen LogP contribution in [-0.4, -0.2) is 34.9 Å². The molecule has 0 atom stereocenters. The van der Waals surface area contributed by atoms with Gasteiger partial charge in [-0.2, -0.15) is 0 Å². The number of aromatic nitrogens is 1. The number of amides is 1. The van der Waals surface area contributed by atoms with Gasteiger partial charge in [0, 0.05) is 18.4 Å². The summed E-state index contributed by atoms with van der Waals surface area (Å²) >= 11 is 1.41. The SMILES string of the molecule is CCCCOC(=O)NCCSc1ccc([N+](=O)[O-])cn1. The first-order chi connectivity index (χ1) is 9.63. The predicted octanol–water partition coefficient (Wildman–Crippen LogP) is 2.61. The summed E-state index contributed by atoms with van der Waals surface area (Å²) in [6.45, 7) is 2.91. The molecule has 0 radical (unpaired) electrons. The molecule has 20 heavy (non-hydrogen) atoms. The zero-order valence-corrected chi connectivity index (χ0v) is 12.0.